The Balaban J connectivity index is 2.26. The van der Waals surface area contributed by atoms with Crippen LogP contribution in [0.2, 0.25) is 0 Å². The molecule has 2 nitrogen and oxygen atoms in total. The molecule has 70 valence electrons. The largest absolute Gasteiger partial charge is 0.458 e. The quantitative estimate of drug-likeness (QED) is 0.630. The molecular weight excluding hydrogens is 176 g/mol. The number of carbonyl (C=O) groups excluding carboxylic acids is 1. The monoisotopic (exact) mass is 186 g/mol. The summed E-state index contributed by atoms with van der Waals surface area (Å²) in [5.74, 6) is 0.984. The number of ether oxygens (including phenoxy) is 1. The topological polar surface area (TPSA) is 26.3 Å². The fourth-order valence-electron chi connectivity index (χ4n) is 1.31. The minimum Gasteiger partial charge on any atom is -0.458 e. The van der Waals surface area contributed by atoms with Crippen molar-refractivity contribution in [2.75, 3.05) is 0 Å². The summed E-state index contributed by atoms with van der Waals surface area (Å²) >= 11 is 0. The molecule has 1 aromatic carbocycles. The molecule has 0 aromatic heterocycles. The van der Waals surface area contributed by atoms with Crippen molar-refractivity contribution in [1.82, 2.24) is 0 Å². The maximum atomic E-state index is 11.3. The number of hydrogen-bond acceptors (Lipinski definition) is 2. The highest BCUT2D eigenvalue weighted by Crippen LogP contribution is 2.19. The van der Waals surface area contributed by atoms with Gasteiger partial charge in [0.15, 0.2) is 5.76 Å². The molecule has 1 aromatic rings. The number of benzene rings is 1. The SMILES string of the molecule is CC1=CC(=O)/C(=C/c2ccccc2)O1. The van der Waals surface area contributed by atoms with E-state index in [-0.39, 0.29) is 5.78 Å². The minimum absolute atomic E-state index is 0.0636. The van der Waals surface area contributed by atoms with E-state index in [9.17, 15) is 4.79 Å². The zero-order valence-corrected chi connectivity index (χ0v) is 7.86. The normalized spacial score (nSPS) is 18.2. The van der Waals surface area contributed by atoms with E-state index >= 15 is 0 Å². The van der Waals surface area contributed by atoms with E-state index < -0.39 is 0 Å². The molecule has 0 unspecified atom stereocenters. The first-order valence-corrected chi connectivity index (χ1v) is 4.43. The summed E-state index contributed by atoms with van der Waals surface area (Å²) in [6.45, 7) is 1.77. The fourth-order valence-corrected chi connectivity index (χ4v) is 1.31. The van der Waals surface area contributed by atoms with Gasteiger partial charge in [-0.05, 0) is 18.6 Å². The summed E-state index contributed by atoms with van der Waals surface area (Å²) in [5, 5.41) is 0. The third-order valence-electron chi connectivity index (χ3n) is 1.95. The third kappa shape index (κ3) is 1.74. The summed E-state index contributed by atoms with van der Waals surface area (Å²) in [6.07, 6.45) is 3.24. The number of ketones is 1. The van der Waals surface area contributed by atoms with Gasteiger partial charge < -0.3 is 4.74 Å². The van der Waals surface area contributed by atoms with Crippen molar-refractivity contribution in [3.63, 3.8) is 0 Å². The summed E-state index contributed by atoms with van der Waals surface area (Å²) < 4.78 is 5.25. The van der Waals surface area contributed by atoms with Crippen LogP contribution in [-0.4, -0.2) is 5.78 Å². The lowest BCUT2D eigenvalue weighted by Crippen LogP contribution is -1.92. The van der Waals surface area contributed by atoms with Gasteiger partial charge in [-0.3, -0.25) is 4.79 Å². The Morgan fingerprint density at radius 1 is 1.21 bits per heavy atom. The molecule has 1 aliphatic heterocycles. The predicted molar refractivity (Wildman–Crippen MR) is 54.3 cm³/mol. The van der Waals surface area contributed by atoms with E-state index in [0.717, 1.165) is 5.56 Å². The van der Waals surface area contributed by atoms with Crippen LogP contribution in [0.1, 0.15) is 12.5 Å². The van der Waals surface area contributed by atoms with Gasteiger partial charge in [0.2, 0.25) is 5.78 Å². The Morgan fingerprint density at radius 2 is 1.93 bits per heavy atom. The van der Waals surface area contributed by atoms with Crippen LogP contribution in [0.4, 0.5) is 0 Å². The highest BCUT2D eigenvalue weighted by Gasteiger charge is 2.16. The smallest absolute Gasteiger partial charge is 0.224 e. The molecule has 0 amide bonds. The molecular formula is C12H10O2. The Kier molecular flexibility index (Phi) is 2.19. The Labute approximate surface area is 82.5 Å². The van der Waals surface area contributed by atoms with Crippen LogP contribution in [0.3, 0.4) is 0 Å². The molecule has 1 aliphatic rings. The molecule has 0 saturated carbocycles. The van der Waals surface area contributed by atoms with Crippen LogP contribution in [-0.2, 0) is 9.53 Å². The van der Waals surface area contributed by atoms with Gasteiger partial charge in [-0.1, -0.05) is 30.3 Å². The number of allylic oxidation sites excluding steroid dienone is 2. The predicted octanol–water partition coefficient (Wildman–Crippen LogP) is 2.53. The van der Waals surface area contributed by atoms with E-state index in [1.807, 2.05) is 30.3 Å². The Morgan fingerprint density at radius 3 is 2.50 bits per heavy atom. The van der Waals surface area contributed by atoms with Crippen LogP contribution in [0.15, 0.2) is 47.9 Å². The number of hydrogen-bond donors (Lipinski definition) is 0. The molecule has 0 N–H and O–H groups in total. The molecule has 0 radical (unpaired) electrons. The summed E-state index contributed by atoms with van der Waals surface area (Å²) in [4.78, 5) is 11.3. The van der Waals surface area contributed by atoms with Crippen molar-refractivity contribution in [3.8, 4) is 0 Å². The average molecular weight is 186 g/mol. The van der Waals surface area contributed by atoms with Gasteiger partial charge in [-0.25, -0.2) is 0 Å². The zero-order chi connectivity index (χ0) is 9.97. The Hall–Kier alpha value is -1.83. The molecule has 2 heteroatoms. The van der Waals surface area contributed by atoms with Crippen molar-refractivity contribution in [2.45, 2.75) is 6.92 Å². The van der Waals surface area contributed by atoms with E-state index in [2.05, 4.69) is 0 Å². The molecule has 0 atom stereocenters. The standard InChI is InChI=1S/C12H10O2/c1-9-7-11(13)12(14-9)8-10-5-3-2-4-6-10/h2-8H,1H3/b12-8-. The molecule has 2 rings (SSSR count). The van der Waals surface area contributed by atoms with Crippen LogP contribution in [0, 0.1) is 0 Å². The molecule has 14 heavy (non-hydrogen) atoms. The van der Waals surface area contributed by atoms with Crippen molar-refractivity contribution in [1.29, 1.82) is 0 Å². The molecule has 1 heterocycles. The van der Waals surface area contributed by atoms with Crippen LogP contribution in [0.25, 0.3) is 6.08 Å². The van der Waals surface area contributed by atoms with Crippen molar-refractivity contribution in [2.24, 2.45) is 0 Å². The van der Waals surface area contributed by atoms with Gasteiger partial charge in [0.1, 0.15) is 5.76 Å². The second-order valence-corrected chi connectivity index (χ2v) is 3.14. The average Bonchev–Trinajstić information content (AvgIpc) is 2.47. The summed E-state index contributed by atoms with van der Waals surface area (Å²) in [5.41, 5.74) is 0.971. The van der Waals surface area contributed by atoms with Gasteiger partial charge in [0.05, 0.1) is 0 Å². The number of carbonyl (C=O) groups is 1. The molecule has 0 aliphatic carbocycles. The van der Waals surface area contributed by atoms with Gasteiger partial charge in [-0.2, -0.15) is 0 Å². The lowest BCUT2D eigenvalue weighted by molar-refractivity contribution is -0.112. The second-order valence-electron chi connectivity index (χ2n) is 3.14. The van der Waals surface area contributed by atoms with E-state index in [1.165, 1.54) is 6.08 Å². The Bertz CT molecular complexity index is 413. The number of rotatable bonds is 1. The molecule has 0 spiro atoms. The van der Waals surface area contributed by atoms with Gasteiger partial charge in [0.25, 0.3) is 0 Å². The first-order chi connectivity index (χ1) is 6.75. The maximum Gasteiger partial charge on any atom is 0.224 e. The van der Waals surface area contributed by atoms with Crippen LogP contribution < -0.4 is 0 Å². The second kappa shape index (κ2) is 3.50. The molecule has 0 saturated heterocycles. The van der Waals surface area contributed by atoms with Crippen molar-refractivity contribution in [3.05, 3.63) is 53.5 Å². The van der Waals surface area contributed by atoms with Gasteiger partial charge in [-0.15, -0.1) is 0 Å². The highest BCUT2D eigenvalue weighted by atomic mass is 16.5. The lowest BCUT2D eigenvalue weighted by atomic mass is 10.2. The summed E-state index contributed by atoms with van der Waals surface area (Å²) in [6, 6.07) is 9.63. The van der Waals surface area contributed by atoms with E-state index in [4.69, 9.17) is 4.74 Å². The van der Waals surface area contributed by atoms with Crippen molar-refractivity contribution < 1.29 is 9.53 Å². The first-order valence-electron chi connectivity index (χ1n) is 4.43. The van der Waals surface area contributed by atoms with E-state index in [1.54, 1.807) is 13.0 Å². The minimum atomic E-state index is -0.0636. The maximum absolute atomic E-state index is 11.3. The van der Waals surface area contributed by atoms with Crippen LogP contribution in [0.5, 0.6) is 0 Å². The van der Waals surface area contributed by atoms with E-state index in [0.29, 0.717) is 11.5 Å². The van der Waals surface area contributed by atoms with Gasteiger partial charge in [0, 0.05) is 6.08 Å². The fraction of sp³-hybridized carbons (Fsp3) is 0.0833. The van der Waals surface area contributed by atoms with Crippen molar-refractivity contribution >= 4 is 11.9 Å². The van der Waals surface area contributed by atoms with Gasteiger partial charge >= 0.3 is 0 Å². The first kappa shape index (κ1) is 8.75. The molecule has 0 bridgehead atoms. The summed E-state index contributed by atoms with van der Waals surface area (Å²) in [7, 11) is 0. The van der Waals surface area contributed by atoms with Crippen LogP contribution >= 0.6 is 0 Å². The molecule has 0 fully saturated rings. The third-order valence-corrected chi connectivity index (χ3v) is 1.95. The lowest BCUT2D eigenvalue weighted by Gasteiger charge is -1.98. The zero-order valence-electron chi connectivity index (χ0n) is 7.86. The highest BCUT2D eigenvalue weighted by molar-refractivity contribution is 6.07.